The van der Waals surface area contributed by atoms with Crippen molar-refractivity contribution in [1.82, 2.24) is 10.0 Å². The van der Waals surface area contributed by atoms with Crippen molar-refractivity contribution in [3.8, 4) is 0 Å². The molecule has 1 heterocycles. The molecule has 3 amide bonds. The summed E-state index contributed by atoms with van der Waals surface area (Å²) in [5.74, 6) is -2.48. The third-order valence-corrected chi connectivity index (χ3v) is 6.52. The fourth-order valence-electron chi connectivity index (χ4n) is 4.33. The zero-order chi connectivity index (χ0) is 23.0. The van der Waals surface area contributed by atoms with Crippen LogP contribution in [0.5, 0.6) is 0 Å². The summed E-state index contributed by atoms with van der Waals surface area (Å²) in [7, 11) is 0. The molecule has 2 aromatic carbocycles. The Hall–Kier alpha value is -2.97. The maximum atomic E-state index is 13.5. The number of amides is 3. The Morgan fingerprint density at radius 2 is 1.72 bits per heavy atom. The van der Waals surface area contributed by atoms with Crippen molar-refractivity contribution in [2.75, 3.05) is 0 Å². The summed E-state index contributed by atoms with van der Waals surface area (Å²) in [6.45, 7) is -0.172. The average Bonchev–Trinajstić information content (AvgIpc) is 3.03. The van der Waals surface area contributed by atoms with Crippen molar-refractivity contribution < 1.29 is 19.3 Å². The van der Waals surface area contributed by atoms with Gasteiger partial charge < -0.3 is 0 Å². The zero-order valence-corrected chi connectivity index (χ0v) is 18.4. The first-order chi connectivity index (χ1) is 15.3. The smallest absolute Gasteiger partial charge is 0.272 e. The van der Waals surface area contributed by atoms with Gasteiger partial charge in [-0.2, -0.15) is 5.01 Å². The number of hydrogen-bond acceptors (Lipinski definition) is 5. The van der Waals surface area contributed by atoms with Crippen molar-refractivity contribution in [2.45, 2.75) is 32.2 Å². The first kappa shape index (κ1) is 22.2. The van der Waals surface area contributed by atoms with Crippen LogP contribution in [-0.2, 0) is 16.1 Å². The molecule has 0 bridgehead atoms. The minimum atomic E-state index is -0.708. The quantitative estimate of drug-likeness (QED) is 0.356. The van der Waals surface area contributed by atoms with Crippen molar-refractivity contribution in [2.24, 2.45) is 11.8 Å². The number of carbonyl (C=O) groups is 3. The zero-order valence-electron chi connectivity index (χ0n) is 16.9. The third-order valence-electron chi connectivity index (χ3n) is 5.93. The SMILES string of the molecule is O=C(c1cccc([N+](=O)[O-])c1)N(Cc1ccc(Cl)cc1Cl)N1C(=O)[C@@H]2CCCC[C@H]2C1=O. The lowest BCUT2D eigenvalue weighted by Crippen LogP contribution is -2.49. The maximum absolute atomic E-state index is 13.5. The van der Waals surface area contributed by atoms with E-state index in [9.17, 15) is 24.5 Å². The van der Waals surface area contributed by atoms with E-state index in [-0.39, 0.29) is 22.8 Å². The van der Waals surface area contributed by atoms with Crippen molar-refractivity contribution in [3.05, 3.63) is 73.8 Å². The van der Waals surface area contributed by atoms with Gasteiger partial charge in [-0.25, -0.2) is 5.01 Å². The second-order valence-corrected chi connectivity index (χ2v) is 8.74. The lowest BCUT2D eigenvalue weighted by Gasteiger charge is -2.31. The van der Waals surface area contributed by atoms with E-state index >= 15 is 0 Å². The summed E-state index contributed by atoms with van der Waals surface area (Å²) >= 11 is 12.3. The summed E-state index contributed by atoms with van der Waals surface area (Å²) < 4.78 is 0. The molecule has 1 aliphatic heterocycles. The molecule has 0 radical (unpaired) electrons. The van der Waals surface area contributed by atoms with Gasteiger partial charge in [-0.3, -0.25) is 24.5 Å². The van der Waals surface area contributed by atoms with Gasteiger partial charge >= 0.3 is 0 Å². The van der Waals surface area contributed by atoms with Gasteiger partial charge in [0.15, 0.2) is 0 Å². The number of fused-ring (bicyclic) bond motifs is 1. The van der Waals surface area contributed by atoms with Crippen LogP contribution >= 0.6 is 23.2 Å². The molecule has 2 aliphatic rings. The summed E-state index contributed by atoms with van der Waals surface area (Å²) in [5.41, 5.74) is 0.193. The number of nitro groups is 1. The van der Waals surface area contributed by atoms with Crippen LogP contribution in [0.3, 0.4) is 0 Å². The molecule has 1 saturated heterocycles. The number of hydrogen-bond donors (Lipinski definition) is 0. The Bertz CT molecular complexity index is 1100. The summed E-state index contributed by atoms with van der Waals surface area (Å²) in [4.78, 5) is 50.4. The lowest BCUT2D eigenvalue weighted by atomic mass is 9.81. The van der Waals surface area contributed by atoms with Crippen molar-refractivity contribution >= 4 is 46.6 Å². The molecule has 2 atom stereocenters. The molecular weight excluding hydrogens is 457 g/mol. The summed E-state index contributed by atoms with van der Waals surface area (Å²) in [5, 5.41) is 13.8. The number of nitro benzene ring substituents is 1. The largest absolute Gasteiger partial charge is 0.273 e. The Labute approximate surface area is 193 Å². The maximum Gasteiger partial charge on any atom is 0.273 e. The summed E-state index contributed by atoms with van der Waals surface area (Å²) in [6.07, 6.45) is 2.87. The molecule has 8 nitrogen and oxygen atoms in total. The van der Waals surface area contributed by atoms with E-state index in [4.69, 9.17) is 23.2 Å². The third kappa shape index (κ3) is 4.08. The highest BCUT2D eigenvalue weighted by Gasteiger charge is 2.51. The molecule has 1 aliphatic carbocycles. The highest BCUT2D eigenvalue weighted by Crippen LogP contribution is 2.39. The number of imide groups is 1. The predicted molar refractivity (Wildman–Crippen MR) is 117 cm³/mol. The van der Waals surface area contributed by atoms with Gasteiger partial charge in [0.1, 0.15) is 0 Å². The van der Waals surface area contributed by atoms with Crippen molar-refractivity contribution in [1.29, 1.82) is 0 Å². The number of rotatable bonds is 5. The molecule has 0 aromatic heterocycles. The number of non-ortho nitro benzene ring substituents is 1. The van der Waals surface area contributed by atoms with Gasteiger partial charge in [0, 0.05) is 27.7 Å². The van der Waals surface area contributed by atoms with E-state index in [1.807, 2.05) is 0 Å². The van der Waals surface area contributed by atoms with E-state index in [0.29, 0.717) is 23.4 Å². The number of carbonyl (C=O) groups excluding carboxylic acids is 3. The van der Waals surface area contributed by atoms with E-state index in [0.717, 1.165) is 28.9 Å². The van der Waals surface area contributed by atoms with E-state index in [1.165, 1.54) is 24.3 Å². The molecule has 0 unspecified atom stereocenters. The second kappa shape index (κ2) is 8.88. The molecule has 2 aromatic rings. The van der Waals surface area contributed by atoms with E-state index in [2.05, 4.69) is 0 Å². The van der Waals surface area contributed by atoms with Gasteiger partial charge in [-0.15, -0.1) is 0 Å². The molecule has 166 valence electrons. The number of hydrazine groups is 1. The minimum absolute atomic E-state index is 0.0141. The molecule has 0 spiro atoms. The van der Waals surface area contributed by atoms with Crippen LogP contribution in [0.1, 0.15) is 41.6 Å². The van der Waals surface area contributed by atoms with Crippen LogP contribution in [0.15, 0.2) is 42.5 Å². The number of benzene rings is 2. The Balaban J connectivity index is 1.75. The molecule has 0 N–H and O–H groups in total. The average molecular weight is 476 g/mol. The molecular formula is C22H19Cl2N3O5. The monoisotopic (exact) mass is 475 g/mol. The van der Waals surface area contributed by atoms with Gasteiger partial charge in [-0.1, -0.05) is 48.2 Å². The van der Waals surface area contributed by atoms with Crippen LogP contribution in [-0.4, -0.2) is 32.7 Å². The normalized spacial score (nSPS) is 20.2. The first-order valence-corrected chi connectivity index (χ1v) is 10.9. The van der Waals surface area contributed by atoms with Gasteiger partial charge in [-0.05, 0) is 36.6 Å². The minimum Gasteiger partial charge on any atom is -0.272 e. The van der Waals surface area contributed by atoms with Crippen LogP contribution in [0.25, 0.3) is 0 Å². The summed E-state index contributed by atoms with van der Waals surface area (Å²) in [6, 6.07) is 9.87. The first-order valence-electron chi connectivity index (χ1n) is 10.2. The second-order valence-electron chi connectivity index (χ2n) is 7.89. The van der Waals surface area contributed by atoms with E-state index in [1.54, 1.807) is 12.1 Å². The van der Waals surface area contributed by atoms with E-state index < -0.39 is 34.5 Å². The van der Waals surface area contributed by atoms with Gasteiger partial charge in [0.25, 0.3) is 23.4 Å². The predicted octanol–water partition coefficient (Wildman–Crippen LogP) is 4.63. The van der Waals surface area contributed by atoms with Crippen LogP contribution in [0.2, 0.25) is 10.0 Å². The topological polar surface area (TPSA) is 101 Å². The molecule has 10 heteroatoms. The molecule has 32 heavy (non-hydrogen) atoms. The number of nitrogens with zero attached hydrogens (tertiary/aromatic N) is 3. The standard InChI is InChI=1S/C22H19Cl2N3O5/c23-15-9-8-14(19(24)11-15)12-25(20(28)13-4-3-5-16(10-13)27(31)32)26-21(29)17-6-1-2-7-18(17)22(26)30/h3-5,8-11,17-18H,1-2,6-7,12H2/t17-,18-/m1/s1. The lowest BCUT2D eigenvalue weighted by molar-refractivity contribution is -0.384. The molecule has 4 rings (SSSR count). The van der Waals surface area contributed by atoms with Crippen LogP contribution in [0.4, 0.5) is 5.69 Å². The van der Waals surface area contributed by atoms with Gasteiger partial charge in [0.2, 0.25) is 0 Å². The van der Waals surface area contributed by atoms with Crippen LogP contribution in [0, 0.1) is 22.0 Å². The Morgan fingerprint density at radius 3 is 2.31 bits per heavy atom. The highest BCUT2D eigenvalue weighted by molar-refractivity contribution is 6.35. The molecule has 1 saturated carbocycles. The highest BCUT2D eigenvalue weighted by atomic mass is 35.5. The Kier molecular flexibility index (Phi) is 6.17. The fourth-order valence-corrected chi connectivity index (χ4v) is 4.80. The molecule has 2 fully saturated rings. The number of halogens is 2. The van der Waals surface area contributed by atoms with Crippen LogP contribution < -0.4 is 0 Å². The Morgan fingerprint density at radius 1 is 1.06 bits per heavy atom. The van der Waals surface area contributed by atoms with Crippen molar-refractivity contribution in [3.63, 3.8) is 0 Å². The van der Waals surface area contributed by atoms with Gasteiger partial charge in [0.05, 0.1) is 23.3 Å². The fraction of sp³-hybridized carbons (Fsp3) is 0.318.